The minimum atomic E-state index is -3.63. The summed E-state index contributed by atoms with van der Waals surface area (Å²) < 4.78 is 25.3. The number of sulfonamides is 1. The fourth-order valence-corrected chi connectivity index (χ4v) is 5.32. The Morgan fingerprint density at radius 2 is 1.64 bits per heavy atom. The molecule has 0 radical (unpaired) electrons. The third-order valence-corrected chi connectivity index (χ3v) is 7.33. The first-order valence-electron chi connectivity index (χ1n) is 12.5. The lowest BCUT2D eigenvalue weighted by Crippen LogP contribution is -2.30. The standard InChI is InChI=1S/C29H34N2O4S/c1-36(34,35)31-29(33)26-16-15-25(19-27(26)23-7-5-6-8-23)22-13-11-21(12-14-22)17-18-30-20-28(32)24-9-3-2-4-10-24/h2-4,9-16,19,23,28,30,32H,5-8,17-18,20H2,1H3,(H,31,33)/t28-/m1/s1. The van der Waals surface area contributed by atoms with Gasteiger partial charge in [-0.1, -0.05) is 79.6 Å². The number of benzene rings is 3. The number of aliphatic hydroxyl groups is 1. The first-order valence-corrected chi connectivity index (χ1v) is 14.4. The second-order valence-corrected chi connectivity index (χ2v) is 11.3. The first kappa shape index (κ1) is 26.1. The second kappa shape index (κ2) is 11.8. The third kappa shape index (κ3) is 7.03. The summed E-state index contributed by atoms with van der Waals surface area (Å²) in [4.78, 5) is 12.7. The SMILES string of the molecule is CS(=O)(=O)NC(=O)c1ccc(-c2ccc(CCNC[C@@H](O)c3ccccc3)cc2)cc1C1CCCC1. The molecule has 3 N–H and O–H groups in total. The van der Waals surface area contributed by atoms with Gasteiger partial charge in [-0.05, 0) is 65.6 Å². The highest BCUT2D eigenvalue weighted by Gasteiger charge is 2.24. The molecule has 190 valence electrons. The summed E-state index contributed by atoms with van der Waals surface area (Å²) in [6, 6.07) is 23.7. The molecular formula is C29H34N2O4S. The quantitative estimate of drug-likeness (QED) is 0.350. The molecule has 0 bridgehead atoms. The molecule has 1 saturated carbocycles. The molecule has 1 aliphatic carbocycles. The van der Waals surface area contributed by atoms with Gasteiger partial charge in [0.15, 0.2) is 0 Å². The van der Waals surface area contributed by atoms with Crippen molar-refractivity contribution in [2.24, 2.45) is 0 Å². The van der Waals surface area contributed by atoms with Crippen LogP contribution < -0.4 is 10.0 Å². The van der Waals surface area contributed by atoms with Gasteiger partial charge in [0.05, 0.1) is 12.4 Å². The van der Waals surface area contributed by atoms with E-state index in [0.29, 0.717) is 12.1 Å². The number of hydrogen-bond donors (Lipinski definition) is 3. The van der Waals surface area contributed by atoms with E-state index in [1.165, 1.54) is 5.56 Å². The summed E-state index contributed by atoms with van der Waals surface area (Å²) >= 11 is 0. The highest BCUT2D eigenvalue weighted by molar-refractivity contribution is 7.89. The molecule has 0 aromatic heterocycles. The molecule has 3 aromatic carbocycles. The van der Waals surface area contributed by atoms with Crippen molar-refractivity contribution in [3.05, 3.63) is 95.1 Å². The molecule has 0 heterocycles. The number of carbonyl (C=O) groups excluding carboxylic acids is 1. The number of hydrogen-bond acceptors (Lipinski definition) is 5. The van der Waals surface area contributed by atoms with Crippen molar-refractivity contribution in [2.75, 3.05) is 19.3 Å². The van der Waals surface area contributed by atoms with Crippen LogP contribution in [-0.2, 0) is 16.4 Å². The van der Waals surface area contributed by atoms with Crippen LogP contribution in [0.4, 0.5) is 0 Å². The molecule has 1 amide bonds. The molecule has 0 unspecified atom stereocenters. The fourth-order valence-electron chi connectivity index (χ4n) is 4.88. The average Bonchev–Trinajstić information content (AvgIpc) is 3.41. The summed E-state index contributed by atoms with van der Waals surface area (Å²) in [5.41, 5.74) is 5.55. The molecule has 1 fully saturated rings. The third-order valence-electron chi connectivity index (χ3n) is 6.77. The molecule has 1 aliphatic rings. The lowest BCUT2D eigenvalue weighted by atomic mass is 9.89. The Kier molecular flexibility index (Phi) is 8.56. The van der Waals surface area contributed by atoms with Crippen molar-refractivity contribution >= 4 is 15.9 Å². The zero-order valence-electron chi connectivity index (χ0n) is 20.6. The van der Waals surface area contributed by atoms with Crippen LogP contribution >= 0.6 is 0 Å². The Labute approximate surface area is 213 Å². The number of carbonyl (C=O) groups is 1. The van der Waals surface area contributed by atoms with Crippen LogP contribution in [0.15, 0.2) is 72.8 Å². The molecule has 0 aliphatic heterocycles. The van der Waals surface area contributed by atoms with Crippen LogP contribution in [0.3, 0.4) is 0 Å². The molecule has 0 saturated heterocycles. The van der Waals surface area contributed by atoms with Gasteiger partial charge in [-0.25, -0.2) is 13.1 Å². The topological polar surface area (TPSA) is 95.5 Å². The van der Waals surface area contributed by atoms with E-state index in [4.69, 9.17) is 0 Å². The Hall–Kier alpha value is -3.00. The molecule has 6 nitrogen and oxygen atoms in total. The van der Waals surface area contributed by atoms with Crippen molar-refractivity contribution in [2.45, 2.75) is 44.1 Å². The predicted octanol–water partition coefficient (Wildman–Crippen LogP) is 4.57. The maximum absolute atomic E-state index is 12.7. The van der Waals surface area contributed by atoms with Gasteiger partial charge < -0.3 is 10.4 Å². The second-order valence-electron chi connectivity index (χ2n) is 9.56. The van der Waals surface area contributed by atoms with Crippen molar-refractivity contribution in [1.82, 2.24) is 10.0 Å². The van der Waals surface area contributed by atoms with E-state index in [1.54, 1.807) is 6.07 Å². The van der Waals surface area contributed by atoms with Crippen LogP contribution in [0.1, 0.15) is 64.8 Å². The van der Waals surface area contributed by atoms with Crippen molar-refractivity contribution in [3.8, 4) is 11.1 Å². The van der Waals surface area contributed by atoms with Crippen LogP contribution in [0, 0.1) is 0 Å². The van der Waals surface area contributed by atoms with Gasteiger partial charge in [0.1, 0.15) is 0 Å². The average molecular weight is 507 g/mol. The largest absolute Gasteiger partial charge is 0.387 e. The monoisotopic (exact) mass is 506 g/mol. The van der Waals surface area contributed by atoms with Crippen LogP contribution in [0.5, 0.6) is 0 Å². The number of aliphatic hydroxyl groups excluding tert-OH is 1. The predicted molar refractivity (Wildman–Crippen MR) is 143 cm³/mol. The van der Waals surface area contributed by atoms with Gasteiger partial charge in [0.25, 0.3) is 5.91 Å². The van der Waals surface area contributed by atoms with E-state index >= 15 is 0 Å². The summed E-state index contributed by atoms with van der Waals surface area (Å²) in [5.74, 6) is -0.298. The Balaban J connectivity index is 1.41. The molecular weight excluding hydrogens is 472 g/mol. The number of nitrogens with one attached hydrogen (secondary N) is 2. The van der Waals surface area contributed by atoms with E-state index in [-0.39, 0.29) is 5.92 Å². The molecule has 7 heteroatoms. The Morgan fingerprint density at radius 1 is 0.972 bits per heavy atom. The number of amides is 1. The highest BCUT2D eigenvalue weighted by Crippen LogP contribution is 2.38. The maximum Gasteiger partial charge on any atom is 0.265 e. The highest BCUT2D eigenvalue weighted by atomic mass is 32.2. The van der Waals surface area contributed by atoms with Gasteiger partial charge in [0.2, 0.25) is 10.0 Å². The lowest BCUT2D eigenvalue weighted by Gasteiger charge is -2.17. The van der Waals surface area contributed by atoms with Crippen LogP contribution in [-0.4, -0.2) is 38.8 Å². The lowest BCUT2D eigenvalue weighted by molar-refractivity contribution is 0.0980. The summed E-state index contributed by atoms with van der Waals surface area (Å²) in [7, 11) is -3.63. The molecule has 4 rings (SSSR count). The van der Waals surface area contributed by atoms with E-state index < -0.39 is 22.0 Å². The molecule has 0 spiro atoms. The summed E-state index contributed by atoms with van der Waals surface area (Å²) in [6.07, 6.45) is 5.57. The zero-order valence-corrected chi connectivity index (χ0v) is 21.4. The van der Waals surface area contributed by atoms with Gasteiger partial charge in [-0.2, -0.15) is 0 Å². The smallest absolute Gasteiger partial charge is 0.265 e. The van der Waals surface area contributed by atoms with Gasteiger partial charge in [0, 0.05) is 12.1 Å². The molecule has 1 atom stereocenters. The van der Waals surface area contributed by atoms with Gasteiger partial charge in [-0.3, -0.25) is 4.79 Å². The van der Waals surface area contributed by atoms with E-state index in [1.807, 2.05) is 36.4 Å². The minimum Gasteiger partial charge on any atom is -0.387 e. The fraction of sp³-hybridized carbons (Fsp3) is 0.345. The van der Waals surface area contributed by atoms with Gasteiger partial charge >= 0.3 is 0 Å². The molecule has 36 heavy (non-hydrogen) atoms. The zero-order chi connectivity index (χ0) is 25.5. The Bertz CT molecular complexity index is 1270. The van der Waals surface area contributed by atoms with E-state index in [9.17, 15) is 18.3 Å². The molecule has 3 aromatic rings. The van der Waals surface area contributed by atoms with Crippen molar-refractivity contribution in [3.63, 3.8) is 0 Å². The van der Waals surface area contributed by atoms with Crippen LogP contribution in [0.2, 0.25) is 0 Å². The summed E-state index contributed by atoms with van der Waals surface area (Å²) in [6.45, 7) is 1.27. The van der Waals surface area contributed by atoms with E-state index in [2.05, 4.69) is 40.4 Å². The van der Waals surface area contributed by atoms with Crippen molar-refractivity contribution < 1.29 is 18.3 Å². The number of rotatable bonds is 10. The normalized spacial score (nSPS) is 15.1. The van der Waals surface area contributed by atoms with E-state index in [0.717, 1.165) is 67.2 Å². The van der Waals surface area contributed by atoms with Gasteiger partial charge in [-0.15, -0.1) is 0 Å². The first-order chi connectivity index (χ1) is 17.3. The van der Waals surface area contributed by atoms with Crippen LogP contribution in [0.25, 0.3) is 11.1 Å². The summed E-state index contributed by atoms with van der Waals surface area (Å²) in [5, 5.41) is 13.6. The van der Waals surface area contributed by atoms with Crippen molar-refractivity contribution in [1.29, 1.82) is 0 Å². The Morgan fingerprint density at radius 3 is 2.31 bits per heavy atom. The maximum atomic E-state index is 12.7. The minimum absolute atomic E-state index is 0.266.